The molecule has 0 saturated carbocycles. The molecule has 0 fully saturated rings. The van der Waals surface area contributed by atoms with Crippen molar-refractivity contribution >= 4 is 17.1 Å². The van der Waals surface area contributed by atoms with Crippen LogP contribution in [-0.2, 0) is 0 Å². The second kappa shape index (κ2) is 5.33. The van der Waals surface area contributed by atoms with Gasteiger partial charge in [-0.25, -0.2) is 0 Å². The van der Waals surface area contributed by atoms with Crippen molar-refractivity contribution in [2.45, 2.75) is 0 Å². The van der Waals surface area contributed by atoms with Crippen LogP contribution in [0, 0.1) is 30.3 Å². The maximum absolute atomic E-state index is 11.0. The van der Waals surface area contributed by atoms with Gasteiger partial charge in [0.05, 0.1) is 26.4 Å². The predicted octanol–water partition coefficient (Wildman–Crippen LogP) is 3.08. The van der Waals surface area contributed by atoms with Crippen LogP contribution in [0.2, 0.25) is 0 Å². The molecule has 2 aromatic carbocycles. The van der Waals surface area contributed by atoms with Gasteiger partial charge in [-0.1, -0.05) is 0 Å². The third-order valence-corrected chi connectivity index (χ3v) is 2.78. The van der Waals surface area contributed by atoms with Crippen molar-refractivity contribution in [3.05, 3.63) is 72.8 Å². The normalized spacial score (nSPS) is 10.1. The van der Waals surface area contributed by atoms with Crippen molar-refractivity contribution in [2.75, 3.05) is 0 Å². The van der Waals surface area contributed by atoms with E-state index in [4.69, 9.17) is 0 Å². The summed E-state index contributed by atoms with van der Waals surface area (Å²) in [4.78, 5) is 30.2. The zero-order valence-corrected chi connectivity index (χ0v) is 10.3. The van der Waals surface area contributed by atoms with Crippen LogP contribution in [0.3, 0.4) is 0 Å². The standard InChI is InChI=1S/C12H7N3O6/c16-13(17)9-3-1-8(2-4-9)11-6-5-10(14(18)19)7-12(11)15(20)21/h1-7H. The van der Waals surface area contributed by atoms with Crippen LogP contribution in [0.15, 0.2) is 42.5 Å². The molecule has 9 nitrogen and oxygen atoms in total. The molecule has 106 valence electrons. The van der Waals surface area contributed by atoms with Gasteiger partial charge in [0.25, 0.3) is 17.1 Å². The van der Waals surface area contributed by atoms with E-state index in [0.717, 1.165) is 12.1 Å². The molecule has 0 bridgehead atoms. The topological polar surface area (TPSA) is 129 Å². The third kappa shape index (κ3) is 2.81. The Morgan fingerprint density at radius 3 is 1.67 bits per heavy atom. The molecule has 0 aliphatic carbocycles. The molecule has 0 amide bonds. The summed E-state index contributed by atoms with van der Waals surface area (Å²) in [6.45, 7) is 0. The first-order valence-corrected chi connectivity index (χ1v) is 5.58. The first kappa shape index (κ1) is 14.1. The minimum Gasteiger partial charge on any atom is -0.258 e. The lowest BCUT2D eigenvalue weighted by atomic mass is 10.0. The van der Waals surface area contributed by atoms with Crippen LogP contribution in [0.4, 0.5) is 17.1 Å². The fraction of sp³-hybridized carbons (Fsp3) is 0. The number of rotatable bonds is 4. The quantitative estimate of drug-likeness (QED) is 0.628. The van der Waals surface area contributed by atoms with E-state index in [1.54, 1.807) is 0 Å². The lowest BCUT2D eigenvalue weighted by molar-refractivity contribution is -0.393. The van der Waals surface area contributed by atoms with E-state index in [1.807, 2.05) is 0 Å². The van der Waals surface area contributed by atoms with Crippen molar-refractivity contribution < 1.29 is 14.8 Å². The number of hydrogen-bond donors (Lipinski definition) is 0. The van der Waals surface area contributed by atoms with Gasteiger partial charge in [0.1, 0.15) is 0 Å². The highest BCUT2D eigenvalue weighted by atomic mass is 16.6. The summed E-state index contributed by atoms with van der Waals surface area (Å²) in [6.07, 6.45) is 0. The molecule has 0 aliphatic rings. The first-order valence-electron chi connectivity index (χ1n) is 5.58. The number of benzene rings is 2. The summed E-state index contributed by atoms with van der Waals surface area (Å²) in [5.74, 6) is 0. The predicted molar refractivity (Wildman–Crippen MR) is 71.8 cm³/mol. The molecule has 0 saturated heterocycles. The molecular weight excluding hydrogens is 282 g/mol. The van der Waals surface area contributed by atoms with Crippen molar-refractivity contribution in [2.24, 2.45) is 0 Å². The maximum Gasteiger partial charge on any atom is 0.284 e. The molecular formula is C12H7N3O6. The van der Waals surface area contributed by atoms with Gasteiger partial charge in [-0.05, 0) is 23.8 Å². The lowest BCUT2D eigenvalue weighted by Gasteiger charge is -2.03. The fourth-order valence-corrected chi connectivity index (χ4v) is 1.79. The monoisotopic (exact) mass is 289 g/mol. The molecule has 0 radical (unpaired) electrons. The number of nitro groups is 3. The van der Waals surface area contributed by atoms with Crippen molar-refractivity contribution in [1.82, 2.24) is 0 Å². The highest BCUT2D eigenvalue weighted by Gasteiger charge is 2.20. The van der Waals surface area contributed by atoms with Gasteiger partial charge in [-0.15, -0.1) is 0 Å². The van der Waals surface area contributed by atoms with Crippen LogP contribution >= 0.6 is 0 Å². The molecule has 0 aliphatic heterocycles. The Morgan fingerprint density at radius 2 is 1.19 bits per heavy atom. The van der Waals surface area contributed by atoms with E-state index in [1.165, 1.54) is 30.3 Å². The Bertz CT molecular complexity index is 741. The number of non-ortho nitro benzene ring substituents is 2. The Labute approximate surface area is 116 Å². The third-order valence-electron chi connectivity index (χ3n) is 2.78. The minimum absolute atomic E-state index is 0.150. The maximum atomic E-state index is 11.0. The van der Waals surface area contributed by atoms with Crippen LogP contribution in [-0.4, -0.2) is 14.8 Å². The summed E-state index contributed by atoms with van der Waals surface area (Å²) in [6, 6.07) is 8.37. The van der Waals surface area contributed by atoms with Gasteiger partial charge < -0.3 is 0 Å². The molecule has 0 atom stereocenters. The number of nitro benzene ring substituents is 3. The van der Waals surface area contributed by atoms with E-state index in [-0.39, 0.29) is 11.3 Å². The summed E-state index contributed by atoms with van der Waals surface area (Å²) >= 11 is 0. The van der Waals surface area contributed by atoms with E-state index < -0.39 is 26.1 Å². The molecule has 0 spiro atoms. The number of hydrogen-bond acceptors (Lipinski definition) is 6. The minimum atomic E-state index is -0.732. The SMILES string of the molecule is O=[N+]([O-])c1ccc(-c2ccc([N+](=O)[O-])cc2[N+](=O)[O-])cc1. The molecule has 0 unspecified atom stereocenters. The smallest absolute Gasteiger partial charge is 0.258 e. The van der Waals surface area contributed by atoms with Gasteiger partial charge in [-0.3, -0.25) is 30.3 Å². The average Bonchev–Trinajstić information content (AvgIpc) is 2.46. The molecule has 2 aromatic rings. The van der Waals surface area contributed by atoms with Crippen molar-refractivity contribution in [3.8, 4) is 11.1 Å². The van der Waals surface area contributed by atoms with Gasteiger partial charge in [-0.2, -0.15) is 0 Å². The second-order valence-corrected chi connectivity index (χ2v) is 4.02. The van der Waals surface area contributed by atoms with E-state index in [0.29, 0.717) is 5.56 Å². The van der Waals surface area contributed by atoms with Crippen LogP contribution in [0.5, 0.6) is 0 Å². The van der Waals surface area contributed by atoms with E-state index in [9.17, 15) is 30.3 Å². The van der Waals surface area contributed by atoms with Gasteiger partial charge in [0, 0.05) is 18.2 Å². The largest absolute Gasteiger partial charge is 0.284 e. The van der Waals surface area contributed by atoms with Crippen molar-refractivity contribution in [1.29, 1.82) is 0 Å². The van der Waals surface area contributed by atoms with E-state index in [2.05, 4.69) is 0 Å². The van der Waals surface area contributed by atoms with Crippen LogP contribution < -0.4 is 0 Å². The molecule has 9 heteroatoms. The van der Waals surface area contributed by atoms with Gasteiger partial charge in [0.2, 0.25) is 0 Å². The van der Waals surface area contributed by atoms with Crippen LogP contribution in [0.25, 0.3) is 11.1 Å². The molecule has 0 heterocycles. The number of nitrogens with zero attached hydrogens (tertiary/aromatic N) is 3. The summed E-state index contributed by atoms with van der Waals surface area (Å²) < 4.78 is 0. The van der Waals surface area contributed by atoms with E-state index >= 15 is 0 Å². The Hall–Kier alpha value is -3.36. The highest BCUT2D eigenvalue weighted by molar-refractivity contribution is 5.75. The first-order chi connectivity index (χ1) is 9.90. The molecule has 0 N–H and O–H groups in total. The lowest BCUT2D eigenvalue weighted by Crippen LogP contribution is -1.95. The van der Waals surface area contributed by atoms with Crippen molar-refractivity contribution in [3.63, 3.8) is 0 Å². The molecule has 2 rings (SSSR count). The average molecular weight is 289 g/mol. The Kier molecular flexibility index (Phi) is 3.57. The summed E-state index contributed by atoms with van der Waals surface area (Å²) in [5, 5.41) is 32.2. The summed E-state index contributed by atoms with van der Waals surface area (Å²) in [7, 11) is 0. The van der Waals surface area contributed by atoms with Crippen LogP contribution in [0.1, 0.15) is 0 Å². The van der Waals surface area contributed by atoms with Gasteiger partial charge >= 0.3 is 0 Å². The zero-order valence-electron chi connectivity index (χ0n) is 10.3. The summed E-state index contributed by atoms with van der Waals surface area (Å²) in [5.41, 5.74) is -0.462. The Balaban J connectivity index is 2.54. The molecule has 0 aromatic heterocycles. The Morgan fingerprint density at radius 1 is 0.667 bits per heavy atom. The highest BCUT2D eigenvalue weighted by Crippen LogP contribution is 2.33. The second-order valence-electron chi connectivity index (χ2n) is 4.02. The molecule has 21 heavy (non-hydrogen) atoms. The van der Waals surface area contributed by atoms with Gasteiger partial charge in [0.15, 0.2) is 0 Å². The fourth-order valence-electron chi connectivity index (χ4n) is 1.79. The zero-order chi connectivity index (χ0) is 15.6.